The first-order valence-electron chi connectivity index (χ1n) is 9.05. The van der Waals surface area contributed by atoms with Crippen LogP contribution in [0.4, 0.5) is 0 Å². The first kappa shape index (κ1) is 21.8. The molecule has 152 valence electrons. The molecule has 0 aliphatic carbocycles. The molecule has 0 aliphatic heterocycles. The van der Waals surface area contributed by atoms with Crippen LogP contribution in [-0.2, 0) is 20.9 Å². The van der Waals surface area contributed by atoms with Crippen molar-refractivity contribution in [2.75, 3.05) is 20.3 Å². The molecule has 0 aromatic heterocycles. The zero-order chi connectivity index (χ0) is 21.3. The van der Waals surface area contributed by atoms with E-state index in [2.05, 4.69) is 0 Å². The van der Waals surface area contributed by atoms with Crippen LogP contribution in [0.25, 0.3) is 0 Å². The van der Waals surface area contributed by atoms with Gasteiger partial charge in [-0.2, -0.15) is 5.26 Å². The summed E-state index contributed by atoms with van der Waals surface area (Å²) in [5.74, 6) is 0.0105. The second-order valence-electron chi connectivity index (χ2n) is 6.82. The average molecular weight is 396 g/mol. The van der Waals surface area contributed by atoms with E-state index in [-0.39, 0.29) is 6.61 Å². The van der Waals surface area contributed by atoms with Gasteiger partial charge < -0.3 is 19.1 Å². The van der Waals surface area contributed by atoms with Crippen LogP contribution in [-0.4, -0.2) is 42.6 Å². The van der Waals surface area contributed by atoms with Gasteiger partial charge in [0.2, 0.25) is 0 Å². The van der Waals surface area contributed by atoms with E-state index in [1.165, 1.54) is 11.9 Å². The first-order valence-corrected chi connectivity index (χ1v) is 9.05. The quantitative estimate of drug-likeness (QED) is 0.606. The molecule has 7 heteroatoms. The Morgan fingerprint density at radius 3 is 2.14 bits per heavy atom. The van der Waals surface area contributed by atoms with Gasteiger partial charge in [-0.05, 0) is 43.7 Å². The normalized spacial score (nSPS) is 10.6. The highest BCUT2D eigenvalue weighted by atomic mass is 16.6. The van der Waals surface area contributed by atoms with Gasteiger partial charge in [0, 0.05) is 7.05 Å². The minimum absolute atomic E-state index is 0.330. The van der Waals surface area contributed by atoms with Gasteiger partial charge in [-0.1, -0.05) is 30.3 Å². The highest BCUT2D eigenvalue weighted by Gasteiger charge is 2.27. The molecule has 0 N–H and O–H groups in total. The lowest BCUT2D eigenvalue weighted by molar-refractivity contribution is -0.154. The number of benzene rings is 2. The Balaban J connectivity index is 1.73. The molecule has 0 radical (unpaired) electrons. The Kier molecular flexibility index (Phi) is 7.61. The van der Waals surface area contributed by atoms with Crippen LogP contribution in [0.1, 0.15) is 19.4 Å². The summed E-state index contributed by atoms with van der Waals surface area (Å²) >= 11 is 0. The summed E-state index contributed by atoms with van der Waals surface area (Å²) < 4.78 is 16.0. The summed E-state index contributed by atoms with van der Waals surface area (Å²) in [5, 5.41) is 9.03. The number of nitrogens with zero attached hydrogens (tertiary/aromatic N) is 2. The second-order valence-corrected chi connectivity index (χ2v) is 6.82. The van der Waals surface area contributed by atoms with Crippen molar-refractivity contribution < 1.29 is 23.8 Å². The van der Waals surface area contributed by atoms with Gasteiger partial charge in [0.25, 0.3) is 5.91 Å². The van der Waals surface area contributed by atoms with Gasteiger partial charge in [0.15, 0.2) is 13.2 Å². The number of hydrogen-bond acceptors (Lipinski definition) is 6. The van der Waals surface area contributed by atoms with Gasteiger partial charge in [-0.15, -0.1) is 0 Å². The molecule has 0 fully saturated rings. The summed E-state index contributed by atoms with van der Waals surface area (Å²) in [6.45, 7) is 2.88. The van der Waals surface area contributed by atoms with E-state index >= 15 is 0 Å². The predicted molar refractivity (Wildman–Crippen MR) is 106 cm³/mol. The fraction of sp³-hybridized carbons (Fsp3) is 0.318. The average Bonchev–Trinajstić information content (AvgIpc) is 2.75. The Labute approximate surface area is 170 Å². The highest BCUT2D eigenvalue weighted by Crippen LogP contribution is 2.18. The zero-order valence-electron chi connectivity index (χ0n) is 16.8. The van der Waals surface area contributed by atoms with Crippen LogP contribution < -0.4 is 9.47 Å². The number of ether oxygens (including phenoxy) is 3. The van der Waals surface area contributed by atoms with E-state index in [9.17, 15) is 9.59 Å². The Bertz CT molecular complexity index is 857. The summed E-state index contributed by atoms with van der Waals surface area (Å²) in [7, 11) is 1.48. The molecule has 2 aromatic rings. The zero-order valence-corrected chi connectivity index (χ0v) is 16.8. The molecule has 0 saturated heterocycles. The SMILES string of the molecule is CN(C(=O)COC(=O)COc1ccc(OCc2ccccc2)cc1)C(C)(C)C#N. The van der Waals surface area contributed by atoms with E-state index in [0.717, 1.165) is 5.56 Å². The van der Waals surface area contributed by atoms with Crippen molar-refractivity contribution in [3.8, 4) is 17.6 Å². The van der Waals surface area contributed by atoms with E-state index in [1.807, 2.05) is 36.4 Å². The van der Waals surface area contributed by atoms with Gasteiger partial charge in [-0.3, -0.25) is 4.79 Å². The van der Waals surface area contributed by atoms with Crippen molar-refractivity contribution in [2.24, 2.45) is 0 Å². The maximum absolute atomic E-state index is 12.0. The van der Waals surface area contributed by atoms with E-state index < -0.39 is 24.0 Å². The molecule has 0 aliphatic rings. The van der Waals surface area contributed by atoms with Gasteiger partial charge in [0.05, 0.1) is 6.07 Å². The highest BCUT2D eigenvalue weighted by molar-refractivity contribution is 5.81. The Morgan fingerprint density at radius 2 is 1.55 bits per heavy atom. The lowest BCUT2D eigenvalue weighted by atomic mass is 10.1. The lowest BCUT2D eigenvalue weighted by Crippen LogP contribution is -2.45. The number of amides is 1. The van der Waals surface area contributed by atoms with Crippen molar-refractivity contribution in [1.29, 1.82) is 5.26 Å². The molecule has 2 aromatic carbocycles. The molecule has 0 heterocycles. The maximum atomic E-state index is 12.0. The molecule has 0 spiro atoms. The standard InChI is InChI=1S/C22H24N2O5/c1-22(2,16-23)24(3)20(25)14-29-21(26)15-28-19-11-9-18(10-12-19)27-13-17-7-5-4-6-8-17/h4-12H,13-15H2,1-3H3. The molecule has 0 unspecified atom stereocenters. The molecule has 7 nitrogen and oxygen atoms in total. The molecule has 0 bridgehead atoms. The Hall–Kier alpha value is -3.53. The third-order valence-electron chi connectivity index (χ3n) is 4.27. The number of esters is 1. The molecule has 1 amide bonds. The van der Waals surface area contributed by atoms with Crippen LogP contribution in [0, 0.1) is 11.3 Å². The van der Waals surface area contributed by atoms with Crippen molar-refractivity contribution in [2.45, 2.75) is 26.0 Å². The minimum atomic E-state index is -0.982. The number of carbonyl (C=O) groups is 2. The van der Waals surface area contributed by atoms with Gasteiger partial charge in [-0.25, -0.2) is 4.79 Å². The second kappa shape index (κ2) is 10.1. The van der Waals surface area contributed by atoms with Crippen LogP contribution >= 0.6 is 0 Å². The number of nitriles is 1. The lowest BCUT2D eigenvalue weighted by Gasteiger charge is -2.28. The summed E-state index contributed by atoms with van der Waals surface area (Å²) in [6.07, 6.45) is 0. The van der Waals surface area contributed by atoms with Crippen LogP contribution in [0.2, 0.25) is 0 Å². The van der Waals surface area contributed by atoms with Crippen molar-refractivity contribution in [3.05, 3.63) is 60.2 Å². The summed E-state index contributed by atoms with van der Waals surface area (Å²) in [4.78, 5) is 25.0. The third kappa shape index (κ3) is 6.85. The largest absolute Gasteiger partial charge is 0.489 e. The maximum Gasteiger partial charge on any atom is 0.344 e. The topological polar surface area (TPSA) is 88.9 Å². The summed E-state index contributed by atoms with van der Waals surface area (Å²) in [6, 6.07) is 18.7. The molecule has 29 heavy (non-hydrogen) atoms. The monoisotopic (exact) mass is 396 g/mol. The molecule has 0 atom stereocenters. The Morgan fingerprint density at radius 1 is 0.966 bits per heavy atom. The van der Waals surface area contributed by atoms with Crippen molar-refractivity contribution in [1.82, 2.24) is 4.90 Å². The first-order chi connectivity index (χ1) is 13.8. The smallest absolute Gasteiger partial charge is 0.344 e. The van der Waals surface area contributed by atoms with E-state index in [4.69, 9.17) is 19.5 Å². The number of rotatable bonds is 9. The minimum Gasteiger partial charge on any atom is -0.489 e. The predicted octanol–water partition coefficient (Wildman–Crippen LogP) is 2.95. The third-order valence-corrected chi connectivity index (χ3v) is 4.27. The summed E-state index contributed by atoms with van der Waals surface area (Å²) in [5.41, 5.74) is 0.0820. The van der Waals surface area contributed by atoms with Crippen molar-refractivity contribution in [3.63, 3.8) is 0 Å². The molecular weight excluding hydrogens is 372 g/mol. The van der Waals surface area contributed by atoms with Crippen molar-refractivity contribution >= 4 is 11.9 Å². The number of likely N-dealkylation sites (N-methyl/N-ethyl adjacent to an activating group) is 1. The van der Waals surface area contributed by atoms with Gasteiger partial charge >= 0.3 is 5.97 Å². The molecule has 2 rings (SSSR count). The van der Waals surface area contributed by atoms with Gasteiger partial charge in [0.1, 0.15) is 23.6 Å². The fourth-order valence-electron chi connectivity index (χ4n) is 2.18. The van der Waals surface area contributed by atoms with Crippen LogP contribution in [0.3, 0.4) is 0 Å². The van der Waals surface area contributed by atoms with Crippen LogP contribution in [0.15, 0.2) is 54.6 Å². The van der Waals surface area contributed by atoms with Crippen LogP contribution in [0.5, 0.6) is 11.5 Å². The fourth-order valence-corrected chi connectivity index (χ4v) is 2.18. The van der Waals surface area contributed by atoms with E-state index in [0.29, 0.717) is 18.1 Å². The molecular formula is C22H24N2O5. The number of carbonyl (C=O) groups excluding carboxylic acids is 2. The van der Waals surface area contributed by atoms with E-state index in [1.54, 1.807) is 38.1 Å². The molecule has 0 saturated carbocycles. The number of hydrogen-bond donors (Lipinski definition) is 0.